The Labute approximate surface area is 163 Å². The Hall–Kier alpha value is -2.75. The molecule has 0 fully saturated rings. The fraction of sp³-hybridized carbons (Fsp3) is 0.263. The summed E-state index contributed by atoms with van der Waals surface area (Å²) in [6.45, 7) is 5.13. The van der Waals surface area contributed by atoms with Gasteiger partial charge in [0, 0.05) is 24.4 Å². The van der Waals surface area contributed by atoms with E-state index in [2.05, 4.69) is 14.9 Å². The van der Waals surface area contributed by atoms with E-state index in [-0.39, 0.29) is 11.4 Å². The maximum Gasteiger partial charge on any atom is 0.240 e. The Morgan fingerprint density at radius 1 is 1.21 bits per heavy atom. The minimum atomic E-state index is -3.75. The number of hydrogen-bond donors (Lipinski definition) is 3. The maximum atomic E-state index is 12.5. The number of sulfonamides is 1. The zero-order chi connectivity index (χ0) is 20.5. The number of aliphatic hydroxyl groups is 1. The second-order valence-electron chi connectivity index (χ2n) is 6.67. The molecular formula is C19H22N4O4S. The fourth-order valence-electron chi connectivity index (χ4n) is 2.70. The van der Waals surface area contributed by atoms with Gasteiger partial charge in [-0.2, -0.15) is 0 Å². The first-order valence-electron chi connectivity index (χ1n) is 8.65. The fourth-order valence-corrected chi connectivity index (χ4v) is 3.85. The number of anilines is 1. The highest BCUT2D eigenvalue weighted by atomic mass is 32.2. The number of hydrogen-bond acceptors (Lipinski definition) is 7. The Bertz CT molecular complexity index is 1110. The van der Waals surface area contributed by atoms with Gasteiger partial charge in [0.2, 0.25) is 10.0 Å². The van der Waals surface area contributed by atoms with Crippen LogP contribution in [0.1, 0.15) is 18.2 Å². The minimum absolute atomic E-state index is 0.0655. The monoisotopic (exact) mass is 402 g/mol. The summed E-state index contributed by atoms with van der Waals surface area (Å²) < 4.78 is 32.7. The molecule has 1 aromatic carbocycles. The third-order valence-electron chi connectivity index (χ3n) is 4.21. The van der Waals surface area contributed by atoms with E-state index < -0.39 is 16.1 Å². The van der Waals surface area contributed by atoms with Crippen molar-refractivity contribution < 1.29 is 18.0 Å². The SMILES string of the molecule is Cc1cc(-c2cc(-c3cc(S(=O)(=O)NCC(C)O)ccc3C)cnc2N)on1. The van der Waals surface area contributed by atoms with Gasteiger partial charge in [-0.15, -0.1) is 0 Å². The molecule has 148 valence electrons. The van der Waals surface area contributed by atoms with E-state index in [1.807, 2.05) is 6.92 Å². The molecule has 0 bridgehead atoms. The van der Waals surface area contributed by atoms with Crippen molar-refractivity contribution in [3.05, 3.63) is 47.8 Å². The van der Waals surface area contributed by atoms with Crippen LogP contribution in [0.4, 0.5) is 5.82 Å². The normalized spacial score (nSPS) is 12.9. The quantitative estimate of drug-likeness (QED) is 0.576. The van der Waals surface area contributed by atoms with Gasteiger partial charge < -0.3 is 15.4 Å². The number of aromatic nitrogens is 2. The van der Waals surface area contributed by atoms with Gasteiger partial charge in [-0.3, -0.25) is 0 Å². The van der Waals surface area contributed by atoms with E-state index in [1.54, 1.807) is 37.4 Å². The molecule has 0 amide bonds. The second-order valence-corrected chi connectivity index (χ2v) is 8.43. The molecule has 0 radical (unpaired) electrons. The Morgan fingerprint density at radius 3 is 2.61 bits per heavy atom. The number of rotatable bonds is 6. The van der Waals surface area contributed by atoms with Gasteiger partial charge in [-0.05, 0) is 50.1 Å². The number of aryl methyl sites for hydroxylation is 2. The lowest BCUT2D eigenvalue weighted by Crippen LogP contribution is -2.30. The molecule has 9 heteroatoms. The van der Waals surface area contributed by atoms with Gasteiger partial charge in [0.25, 0.3) is 0 Å². The van der Waals surface area contributed by atoms with Crippen LogP contribution in [0.15, 0.2) is 45.9 Å². The summed E-state index contributed by atoms with van der Waals surface area (Å²) in [6.07, 6.45) is 0.804. The van der Waals surface area contributed by atoms with Crippen molar-refractivity contribution in [2.45, 2.75) is 31.8 Å². The maximum absolute atomic E-state index is 12.5. The van der Waals surface area contributed by atoms with E-state index in [1.165, 1.54) is 13.0 Å². The third-order valence-corrected chi connectivity index (χ3v) is 5.63. The number of nitrogens with zero attached hydrogens (tertiary/aromatic N) is 2. The van der Waals surface area contributed by atoms with Crippen molar-refractivity contribution in [3.8, 4) is 22.5 Å². The number of aliphatic hydroxyl groups excluding tert-OH is 1. The molecule has 0 aliphatic rings. The molecule has 2 heterocycles. The van der Waals surface area contributed by atoms with Crippen molar-refractivity contribution in [1.82, 2.24) is 14.9 Å². The summed E-state index contributed by atoms with van der Waals surface area (Å²) in [4.78, 5) is 4.33. The molecule has 3 rings (SSSR count). The minimum Gasteiger partial charge on any atom is -0.392 e. The van der Waals surface area contributed by atoms with Gasteiger partial charge in [0.05, 0.1) is 22.3 Å². The molecule has 0 aliphatic heterocycles. The molecule has 8 nitrogen and oxygen atoms in total. The second kappa shape index (κ2) is 7.70. The van der Waals surface area contributed by atoms with Crippen LogP contribution in [0.25, 0.3) is 22.5 Å². The lowest BCUT2D eigenvalue weighted by molar-refractivity contribution is 0.198. The molecule has 0 saturated carbocycles. The number of benzene rings is 1. The Morgan fingerprint density at radius 2 is 1.96 bits per heavy atom. The smallest absolute Gasteiger partial charge is 0.240 e. The van der Waals surface area contributed by atoms with Gasteiger partial charge in [0.1, 0.15) is 5.82 Å². The Balaban J connectivity index is 2.05. The molecule has 3 aromatic rings. The first-order chi connectivity index (χ1) is 13.2. The van der Waals surface area contributed by atoms with Crippen LogP contribution >= 0.6 is 0 Å². The van der Waals surface area contributed by atoms with Gasteiger partial charge in [-0.1, -0.05) is 11.2 Å². The zero-order valence-electron chi connectivity index (χ0n) is 15.8. The van der Waals surface area contributed by atoms with Crippen LogP contribution in [0, 0.1) is 13.8 Å². The first-order valence-corrected chi connectivity index (χ1v) is 10.1. The van der Waals surface area contributed by atoms with Crippen molar-refractivity contribution in [3.63, 3.8) is 0 Å². The van der Waals surface area contributed by atoms with Gasteiger partial charge in [-0.25, -0.2) is 18.1 Å². The first kappa shape index (κ1) is 20.0. The average molecular weight is 402 g/mol. The van der Waals surface area contributed by atoms with Crippen molar-refractivity contribution in [2.75, 3.05) is 12.3 Å². The number of nitrogen functional groups attached to an aromatic ring is 1. The highest BCUT2D eigenvalue weighted by Crippen LogP contribution is 2.32. The van der Waals surface area contributed by atoms with Crippen LogP contribution in [0.5, 0.6) is 0 Å². The summed E-state index contributed by atoms with van der Waals surface area (Å²) in [5, 5.41) is 13.2. The number of nitrogens with two attached hydrogens (primary N) is 1. The largest absolute Gasteiger partial charge is 0.392 e. The predicted molar refractivity (Wildman–Crippen MR) is 106 cm³/mol. The lowest BCUT2D eigenvalue weighted by atomic mass is 10.00. The van der Waals surface area contributed by atoms with E-state index in [9.17, 15) is 13.5 Å². The number of pyridine rings is 1. The van der Waals surface area contributed by atoms with E-state index >= 15 is 0 Å². The molecule has 2 aromatic heterocycles. The van der Waals surface area contributed by atoms with E-state index in [4.69, 9.17) is 10.3 Å². The van der Waals surface area contributed by atoms with Crippen LogP contribution in [0.2, 0.25) is 0 Å². The van der Waals surface area contributed by atoms with Crippen LogP contribution < -0.4 is 10.5 Å². The van der Waals surface area contributed by atoms with Crippen LogP contribution in [-0.2, 0) is 10.0 Å². The molecule has 1 unspecified atom stereocenters. The topological polar surface area (TPSA) is 131 Å². The molecule has 28 heavy (non-hydrogen) atoms. The van der Waals surface area contributed by atoms with Crippen LogP contribution in [-0.4, -0.2) is 36.3 Å². The number of nitrogens with one attached hydrogen (secondary N) is 1. The molecule has 0 spiro atoms. The molecule has 0 saturated heterocycles. The van der Waals surface area contributed by atoms with Crippen molar-refractivity contribution in [2.24, 2.45) is 0 Å². The predicted octanol–water partition coefficient (Wildman–Crippen LogP) is 2.26. The standard InChI is InChI=1S/C19H22N4O4S/c1-11-4-5-15(28(25,26)22-9-13(3)24)8-16(11)14-7-17(19(20)21-10-14)18-6-12(2)23-27-18/h4-8,10,13,22,24H,9H2,1-3H3,(H2,20,21). The van der Waals surface area contributed by atoms with E-state index in [0.717, 1.165) is 5.56 Å². The van der Waals surface area contributed by atoms with Crippen LogP contribution in [0.3, 0.4) is 0 Å². The molecular weight excluding hydrogens is 380 g/mol. The lowest BCUT2D eigenvalue weighted by Gasteiger charge is -2.12. The summed E-state index contributed by atoms with van der Waals surface area (Å²) in [5.74, 6) is 0.782. The molecule has 0 aliphatic carbocycles. The third kappa shape index (κ3) is 4.22. The summed E-state index contributed by atoms with van der Waals surface area (Å²) >= 11 is 0. The summed E-state index contributed by atoms with van der Waals surface area (Å²) in [7, 11) is -3.75. The highest BCUT2D eigenvalue weighted by molar-refractivity contribution is 7.89. The van der Waals surface area contributed by atoms with Crippen molar-refractivity contribution >= 4 is 15.8 Å². The zero-order valence-corrected chi connectivity index (χ0v) is 16.6. The summed E-state index contributed by atoms with van der Waals surface area (Å²) in [5.41, 5.74) is 9.56. The summed E-state index contributed by atoms with van der Waals surface area (Å²) in [6, 6.07) is 8.37. The molecule has 1 atom stereocenters. The average Bonchev–Trinajstić information content (AvgIpc) is 3.07. The van der Waals surface area contributed by atoms with Crippen molar-refractivity contribution in [1.29, 1.82) is 0 Å². The molecule has 4 N–H and O–H groups in total. The van der Waals surface area contributed by atoms with E-state index in [0.29, 0.717) is 34.0 Å². The van der Waals surface area contributed by atoms with Gasteiger partial charge >= 0.3 is 0 Å². The highest BCUT2D eigenvalue weighted by Gasteiger charge is 2.18. The Kier molecular flexibility index (Phi) is 5.50. The van der Waals surface area contributed by atoms with Gasteiger partial charge in [0.15, 0.2) is 5.76 Å².